The molecule has 1 aliphatic heterocycles. The van der Waals surface area contributed by atoms with Crippen LogP contribution in [-0.4, -0.2) is 41.3 Å². The van der Waals surface area contributed by atoms with Gasteiger partial charge in [0.25, 0.3) is 5.91 Å². The summed E-state index contributed by atoms with van der Waals surface area (Å²) < 4.78 is 4.61. The molecule has 0 saturated carbocycles. The van der Waals surface area contributed by atoms with Gasteiger partial charge in [-0.3, -0.25) is 9.63 Å². The van der Waals surface area contributed by atoms with Crippen LogP contribution in [0.1, 0.15) is 12.0 Å². The fraction of sp³-hybridized carbons (Fsp3) is 0.385. The smallest absolute Gasteiger partial charge is 0.337 e. The minimum atomic E-state index is -1.40. The van der Waals surface area contributed by atoms with Gasteiger partial charge >= 0.3 is 5.97 Å². The van der Waals surface area contributed by atoms with Crippen LogP contribution in [0.15, 0.2) is 30.3 Å². The molecule has 102 valence electrons. The molecule has 0 radical (unpaired) electrons. The molecule has 2 rings (SSSR count). The summed E-state index contributed by atoms with van der Waals surface area (Å²) in [4.78, 5) is 28.5. The molecular weight excluding hydrogens is 250 g/mol. The number of β-lactam (4-membered cyclic amide) rings is 1. The summed E-state index contributed by atoms with van der Waals surface area (Å²) in [7, 11) is 1.21. The summed E-state index contributed by atoms with van der Waals surface area (Å²) in [6, 6.07) is 9.23. The van der Waals surface area contributed by atoms with Gasteiger partial charge in [0.1, 0.15) is 6.61 Å². The van der Waals surface area contributed by atoms with Crippen molar-refractivity contribution < 1.29 is 24.3 Å². The molecule has 0 aromatic heterocycles. The van der Waals surface area contributed by atoms with Crippen LogP contribution < -0.4 is 0 Å². The van der Waals surface area contributed by atoms with E-state index in [1.807, 2.05) is 30.3 Å². The molecule has 1 saturated heterocycles. The molecule has 1 atom stereocenters. The van der Waals surface area contributed by atoms with E-state index < -0.39 is 18.1 Å². The van der Waals surface area contributed by atoms with Gasteiger partial charge in [0.15, 0.2) is 5.54 Å². The lowest BCUT2D eigenvalue weighted by atomic mass is 9.87. The lowest BCUT2D eigenvalue weighted by molar-refractivity contribution is -0.269. The van der Waals surface area contributed by atoms with E-state index >= 15 is 0 Å². The Kier molecular flexibility index (Phi) is 3.82. The number of ether oxygens (including phenoxy) is 1. The van der Waals surface area contributed by atoms with Crippen molar-refractivity contribution in [3.8, 4) is 0 Å². The molecule has 19 heavy (non-hydrogen) atoms. The minimum Gasteiger partial charge on any atom is -0.467 e. The van der Waals surface area contributed by atoms with Crippen molar-refractivity contribution in [2.75, 3.05) is 13.7 Å². The van der Waals surface area contributed by atoms with E-state index in [9.17, 15) is 14.7 Å². The predicted molar refractivity (Wildman–Crippen MR) is 64.5 cm³/mol. The summed E-state index contributed by atoms with van der Waals surface area (Å²) >= 11 is 0. The maximum Gasteiger partial charge on any atom is 0.337 e. The molecular formula is C13H15NO5. The SMILES string of the molecule is COC(=O)[C@]1(CO)CC(=O)N1OCc1ccccc1. The maximum absolute atomic E-state index is 11.7. The number of nitrogens with zero attached hydrogens (tertiary/aromatic N) is 1. The molecule has 6 heteroatoms. The number of aliphatic hydroxyl groups is 1. The van der Waals surface area contributed by atoms with Crippen LogP contribution in [0.2, 0.25) is 0 Å². The van der Waals surface area contributed by atoms with Crippen LogP contribution in [0, 0.1) is 0 Å². The number of hydrogen-bond donors (Lipinski definition) is 1. The Hall–Kier alpha value is -1.92. The Morgan fingerprint density at radius 2 is 2.11 bits per heavy atom. The van der Waals surface area contributed by atoms with E-state index in [2.05, 4.69) is 4.74 Å². The normalized spacial score (nSPS) is 22.0. The van der Waals surface area contributed by atoms with Gasteiger partial charge in [-0.1, -0.05) is 30.3 Å². The highest BCUT2D eigenvalue weighted by Crippen LogP contribution is 2.33. The number of rotatable bonds is 5. The van der Waals surface area contributed by atoms with E-state index in [0.29, 0.717) is 0 Å². The molecule has 0 bridgehead atoms. The first-order chi connectivity index (χ1) is 9.14. The average molecular weight is 265 g/mol. The third kappa shape index (κ3) is 2.32. The van der Waals surface area contributed by atoms with Gasteiger partial charge in [0.2, 0.25) is 0 Å². The van der Waals surface area contributed by atoms with E-state index in [0.717, 1.165) is 10.6 Å². The molecule has 1 amide bonds. The third-order valence-corrected chi connectivity index (χ3v) is 3.09. The second-order valence-electron chi connectivity index (χ2n) is 4.31. The summed E-state index contributed by atoms with van der Waals surface area (Å²) in [5, 5.41) is 10.3. The largest absolute Gasteiger partial charge is 0.467 e. The lowest BCUT2D eigenvalue weighted by Gasteiger charge is -2.46. The number of amides is 1. The number of carbonyl (C=O) groups excluding carboxylic acids is 2. The van der Waals surface area contributed by atoms with Crippen LogP contribution in [0.3, 0.4) is 0 Å². The predicted octanol–water partition coefficient (Wildman–Crippen LogP) is 0.255. The van der Waals surface area contributed by atoms with E-state index in [1.54, 1.807) is 0 Å². The average Bonchev–Trinajstić information content (AvgIpc) is 2.44. The number of hydrogen-bond acceptors (Lipinski definition) is 5. The van der Waals surface area contributed by atoms with Crippen LogP contribution in [-0.2, 0) is 25.8 Å². The summed E-state index contributed by atoms with van der Waals surface area (Å²) in [6.45, 7) is -0.383. The molecule has 6 nitrogen and oxygen atoms in total. The van der Waals surface area contributed by atoms with Gasteiger partial charge in [-0.15, -0.1) is 0 Å². The van der Waals surface area contributed by atoms with Crippen molar-refractivity contribution in [2.24, 2.45) is 0 Å². The zero-order valence-corrected chi connectivity index (χ0v) is 10.5. The van der Waals surface area contributed by atoms with Crippen molar-refractivity contribution in [2.45, 2.75) is 18.6 Å². The quantitative estimate of drug-likeness (QED) is 0.610. The Morgan fingerprint density at radius 1 is 1.42 bits per heavy atom. The minimum absolute atomic E-state index is 0.106. The van der Waals surface area contributed by atoms with E-state index in [1.165, 1.54) is 7.11 Å². The second-order valence-corrected chi connectivity index (χ2v) is 4.31. The van der Waals surface area contributed by atoms with Crippen molar-refractivity contribution in [3.05, 3.63) is 35.9 Å². The van der Waals surface area contributed by atoms with Crippen molar-refractivity contribution in [1.29, 1.82) is 0 Å². The zero-order valence-electron chi connectivity index (χ0n) is 10.5. The Labute approximate surface area is 110 Å². The molecule has 0 spiro atoms. The molecule has 1 N–H and O–H groups in total. The fourth-order valence-corrected chi connectivity index (χ4v) is 1.98. The highest BCUT2D eigenvalue weighted by Gasteiger charge is 2.59. The molecule has 1 aromatic carbocycles. The standard InChI is InChI=1S/C13H15NO5/c1-18-12(17)13(9-15)7-11(16)14(13)19-8-10-5-3-2-4-6-10/h2-6,15H,7-9H2,1H3/t13-/m1/s1. The number of benzene rings is 1. The third-order valence-electron chi connectivity index (χ3n) is 3.09. The van der Waals surface area contributed by atoms with Crippen molar-refractivity contribution >= 4 is 11.9 Å². The van der Waals surface area contributed by atoms with Gasteiger partial charge in [-0.05, 0) is 5.56 Å². The summed E-state index contributed by atoms with van der Waals surface area (Å²) in [5.74, 6) is -1.03. The lowest BCUT2D eigenvalue weighted by Crippen LogP contribution is -2.69. The molecule has 1 heterocycles. The number of aliphatic hydroxyl groups excluding tert-OH is 1. The molecule has 1 aliphatic rings. The monoisotopic (exact) mass is 265 g/mol. The first-order valence-electron chi connectivity index (χ1n) is 5.83. The van der Waals surface area contributed by atoms with Crippen molar-refractivity contribution in [1.82, 2.24) is 5.06 Å². The first-order valence-corrected chi connectivity index (χ1v) is 5.83. The van der Waals surface area contributed by atoms with Gasteiger partial charge in [-0.25, -0.2) is 9.86 Å². The molecule has 0 aliphatic carbocycles. The van der Waals surface area contributed by atoms with Crippen LogP contribution in [0.4, 0.5) is 0 Å². The maximum atomic E-state index is 11.7. The van der Waals surface area contributed by atoms with Crippen molar-refractivity contribution in [3.63, 3.8) is 0 Å². The van der Waals surface area contributed by atoms with E-state index in [-0.39, 0.29) is 18.9 Å². The van der Waals surface area contributed by atoms with Crippen LogP contribution in [0.25, 0.3) is 0 Å². The molecule has 0 unspecified atom stereocenters. The number of methoxy groups -OCH3 is 1. The Morgan fingerprint density at radius 3 is 2.63 bits per heavy atom. The fourth-order valence-electron chi connectivity index (χ4n) is 1.98. The summed E-state index contributed by atoms with van der Waals surface area (Å²) in [6.07, 6.45) is -0.106. The molecule has 1 aromatic rings. The van der Waals surface area contributed by atoms with Crippen LogP contribution >= 0.6 is 0 Å². The number of esters is 1. The Bertz CT molecular complexity index is 475. The highest BCUT2D eigenvalue weighted by atomic mass is 16.7. The highest BCUT2D eigenvalue weighted by molar-refractivity contribution is 5.98. The summed E-state index contributed by atoms with van der Waals surface area (Å²) in [5.41, 5.74) is -0.542. The second kappa shape index (κ2) is 5.38. The number of hydroxylamine groups is 2. The zero-order chi connectivity index (χ0) is 13.9. The van der Waals surface area contributed by atoms with E-state index in [4.69, 9.17) is 4.84 Å². The van der Waals surface area contributed by atoms with Gasteiger partial charge in [0.05, 0.1) is 20.1 Å². The Balaban J connectivity index is 2.05. The van der Waals surface area contributed by atoms with Gasteiger partial charge in [0, 0.05) is 0 Å². The van der Waals surface area contributed by atoms with Gasteiger partial charge < -0.3 is 9.84 Å². The molecule has 1 fully saturated rings. The topological polar surface area (TPSA) is 76.1 Å². The first kappa shape index (κ1) is 13.5. The van der Waals surface area contributed by atoms with Crippen LogP contribution in [0.5, 0.6) is 0 Å². The van der Waals surface area contributed by atoms with Gasteiger partial charge in [-0.2, -0.15) is 0 Å². The number of carbonyl (C=O) groups is 2.